The van der Waals surface area contributed by atoms with Gasteiger partial charge in [0.25, 0.3) is 0 Å². The normalized spacial score (nSPS) is 14.2. The summed E-state index contributed by atoms with van der Waals surface area (Å²) in [6.07, 6.45) is 1.37. The molecule has 0 spiro atoms. The number of pyridine rings is 1. The number of hydrogen-bond donors (Lipinski definition) is 2. The van der Waals surface area contributed by atoms with Crippen LogP contribution in [0.5, 0.6) is 0 Å². The van der Waals surface area contributed by atoms with Gasteiger partial charge in [0, 0.05) is 18.8 Å². The van der Waals surface area contributed by atoms with Crippen LogP contribution in [0.2, 0.25) is 0 Å². The summed E-state index contributed by atoms with van der Waals surface area (Å²) in [5.74, 6) is 0.672. The molecule has 0 aromatic carbocycles. The van der Waals surface area contributed by atoms with Crippen LogP contribution in [0, 0.1) is 5.41 Å². The minimum Gasteiger partial charge on any atom is -0.370 e. The summed E-state index contributed by atoms with van der Waals surface area (Å²) < 4.78 is 27.0. The molecular formula is C13H23N3O2S. The lowest BCUT2D eigenvalue weighted by Gasteiger charge is -2.27. The van der Waals surface area contributed by atoms with E-state index in [0.29, 0.717) is 5.82 Å². The second-order valence-corrected chi connectivity index (χ2v) is 7.33. The van der Waals surface area contributed by atoms with Crippen LogP contribution in [0.1, 0.15) is 34.6 Å². The van der Waals surface area contributed by atoms with Crippen LogP contribution in [-0.4, -0.2) is 26.0 Å². The van der Waals surface area contributed by atoms with Gasteiger partial charge in [0.05, 0.1) is 0 Å². The van der Waals surface area contributed by atoms with E-state index in [1.807, 2.05) is 34.6 Å². The molecule has 1 aromatic rings. The van der Waals surface area contributed by atoms with Gasteiger partial charge in [0.15, 0.2) is 0 Å². The Morgan fingerprint density at radius 2 is 1.95 bits per heavy atom. The molecule has 1 heterocycles. The predicted molar refractivity (Wildman–Crippen MR) is 77.6 cm³/mol. The summed E-state index contributed by atoms with van der Waals surface area (Å²) in [4.78, 5) is 4.26. The lowest BCUT2D eigenvalue weighted by molar-refractivity contribution is 0.317. The van der Waals surface area contributed by atoms with Crippen LogP contribution in [0.4, 0.5) is 5.82 Å². The first-order valence-corrected chi connectivity index (χ1v) is 7.87. The van der Waals surface area contributed by atoms with Crippen molar-refractivity contribution in [1.82, 2.24) is 9.71 Å². The fourth-order valence-electron chi connectivity index (χ4n) is 1.30. The molecule has 0 fully saturated rings. The Hall–Kier alpha value is -1.14. The maximum absolute atomic E-state index is 12.2. The van der Waals surface area contributed by atoms with E-state index in [1.165, 1.54) is 6.20 Å². The fraction of sp³-hybridized carbons (Fsp3) is 0.615. The molecule has 0 saturated carbocycles. The average Bonchev–Trinajstić information content (AvgIpc) is 2.28. The molecular weight excluding hydrogens is 262 g/mol. The van der Waals surface area contributed by atoms with Gasteiger partial charge in [-0.2, -0.15) is 0 Å². The third-order valence-corrected chi connectivity index (χ3v) is 4.56. The second-order valence-electron chi connectivity index (χ2n) is 5.62. The molecule has 1 rings (SSSR count). The lowest BCUT2D eigenvalue weighted by Crippen LogP contribution is -2.41. The van der Waals surface area contributed by atoms with Crippen LogP contribution in [0.3, 0.4) is 0 Å². The molecule has 0 aliphatic heterocycles. The van der Waals surface area contributed by atoms with Crippen LogP contribution >= 0.6 is 0 Å². The molecule has 5 nitrogen and oxygen atoms in total. The van der Waals surface area contributed by atoms with Gasteiger partial charge in [0.2, 0.25) is 10.0 Å². The summed E-state index contributed by atoms with van der Waals surface area (Å²) in [6, 6.07) is 3.06. The first-order chi connectivity index (χ1) is 8.66. The number of aromatic nitrogens is 1. The van der Waals surface area contributed by atoms with E-state index >= 15 is 0 Å². The van der Waals surface area contributed by atoms with Crippen molar-refractivity contribution in [2.24, 2.45) is 5.41 Å². The Morgan fingerprint density at radius 3 is 2.37 bits per heavy atom. The molecule has 2 N–H and O–H groups in total. The van der Waals surface area contributed by atoms with Gasteiger partial charge in [0.1, 0.15) is 10.7 Å². The molecule has 0 bridgehead atoms. The lowest BCUT2D eigenvalue weighted by atomic mass is 9.89. The van der Waals surface area contributed by atoms with Crippen molar-refractivity contribution in [2.45, 2.75) is 45.6 Å². The molecule has 1 aromatic heterocycles. The molecule has 6 heteroatoms. The van der Waals surface area contributed by atoms with E-state index < -0.39 is 10.0 Å². The summed E-state index contributed by atoms with van der Waals surface area (Å²) in [5, 5.41) is 3.02. The van der Waals surface area contributed by atoms with Crippen molar-refractivity contribution in [3.05, 3.63) is 18.3 Å². The van der Waals surface area contributed by atoms with Gasteiger partial charge < -0.3 is 5.32 Å². The summed E-state index contributed by atoms with van der Waals surface area (Å²) in [5.41, 5.74) is -0.135. The highest BCUT2D eigenvalue weighted by atomic mass is 32.2. The number of sulfonamides is 1. The van der Waals surface area contributed by atoms with Crippen LogP contribution < -0.4 is 10.0 Å². The first-order valence-electron chi connectivity index (χ1n) is 6.39. The van der Waals surface area contributed by atoms with Crippen molar-refractivity contribution in [2.75, 3.05) is 11.9 Å². The zero-order chi connectivity index (χ0) is 14.7. The monoisotopic (exact) mass is 285 g/mol. The summed E-state index contributed by atoms with van der Waals surface area (Å²) >= 11 is 0. The first kappa shape index (κ1) is 15.9. The zero-order valence-electron chi connectivity index (χ0n) is 12.2. The van der Waals surface area contributed by atoms with Gasteiger partial charge >= 0.3 is 0 Å². The molecule has 0 radical (unpaired) electrons. The highest BCUT2D eigenvalue weighted by Crippen LogP contribution is 2.21. The minimum atomic E-state index is -3.51. The number of hydrogen-bond acceptors (Lipinski definition) is 4. The summed E-state index contributed by atoms with van der Waals surface area (Å²) in [7, 11) is -3.51. The van der Waals surface area contributed by atoms with Crippen molar-refractivity contribution in [3.8, 4) is 0 Å². The van der Waals surface area contributed by atoms with Crippen LogP contribution in [0.15, 0.2) is 23.2 Å². The van der Waals surface area contributed by atoms with Gasteiger partial charge in [-0.25, -0.2) is 18.1 Å². The van der Waals surface area contributed by atoms with Crippen molar-refractivity contribution in [3.63, 3.8) is 0 Å². The third kappa shape index (κ3) is 4.47. The van der Waals surface area contributed by atoms with Crippen molar-refractivity contribution in [1.29, 1.82) is 0 Å². The quantitative estimate of drug-likeness (QED) is 0.870. The van der Waals surface area contributed by atoms with E-state index in [1.54, 1.807) is 12.1 Å². The fourth-order valence-corrected chi connectivity index (χ4v) is 2.70. The number of nitrogens with zero attached hydrogens (tertiary/aromatic N) is 1. The van der Waals surface area contributed by atoms with E-state index in [-0.39, 0.29) is 16.4 Å². The Kier molecular flexibility index (Phi) is 4.92. The second kappa shape index (κ2) is 5.88. The largest absolute Gasteiger partial charge is 0.370 e. The smallest absolute Gasteiger partial charge is 0.242 e. The van der Waals surface area contributed by atoms with Crippen LogP contribution in [-0.2, 0) is 10.0 Å². The molecule has 1 unspecified atom stereocenters. The SMILES string of the molecule is CCNc1ccc(S(=O)(=O)NC(C)C(C)(C)C)cn1. The Morgan fingerprint density at radius 1 is 1.32 bits per heavy atom. The zero-order valence-corrected chi connectivity index (χ0v) is 13.0. The van der Waals surface area contributed by atoms with E-state index in [0.717, 1.165) is 6.54 Å². The van der Waals surface area contributed by atoms with Crippen LogP contribution in [0.25, 0.3) is 0 Å². The molecule has 1 atom stereocenters. The Balaban J connectivity index is 2.89. The van der Waals surface area contributed by atoms with E-state index in [4.69, 9.17) is 0 Å². The molecule has 19 heavy (non-hydrogen) atoms. The van der Waals surface area contributed by atoms with Crippen molar-refractivity contribution < 1.29 is 8.42 Å². The Labute approximate surface area is 115 Å². The van der Waals surface area contributed by atoms with Gasteiger partial charge in [-0.05, 0) is 31.4 Å². The molecule has 0 saturated heterocycles. The molecule has 0 amide bonds. The summed E-state index contributed by atoms with van der Waals surface area (Å²) in [6.45, 7) is 10.5. The number of anilines is 1. The molecule has 108 valence electrons. The number of nitrogens with one attached hydrogen (secondary N) is 2. The van der Waals surface area contributed by atoms with E-state index in [9.17, 15) is 8.42 Å². The van der Waals surface area contributed by atoms with Crippen molar-refractivity contribution >= 4 is 15.8 Å². The molecule has 0 aliphatic rings. The predicted octanol–water partition coefficient (Wildman–Crippen LogP) is 2.23. The molecule has 0 aliphatic carbocycles. The van der Waals surface area contributed by atoms with Gasteiger partial charge in [-0.1, -0.05) is 20.8 Å². The maximum atomic E-state index is 12.2. The standard InChI is InChI=1S/C13H23N3O2S/c1-6-14-12-8-7-11(9-15-12)19(17,18)16-10(2)13(3,4)5/h7-10,16H,6H2,1-5H3,(H,14,15). The van der Waals surface area contributed by atoms with E-state index in [2.05, 4.69) is 15.0 Å². The maximum Gasteiger partial charge on any atom is 0.242 e. The third-order valence-electron chi connectivity index (χ3n) is 3.04. The van der Waals surface area contributed by atoms with Gasteiger partial charge in [-0.3, -0.25) is 0 Å². The average molecular weight is 285 g/mol. The topological polar surface area (TPSA) is 71.1 Å². The van der Waals surface area contributed by atoms with Gasteiger partial charge in [-0.15, -0.1) is 0 Å². The highest BCUT2D eigenvalue weighted by molar-refractivity contribution is 7.89. The number of rotatable bonds is 5. The Bertz CT molecular complexity index is 504. The highest BCUT2D eigenvalue weighted by Gasteiger charge is 2.26. The minimum absolute atomic E-state index is 0.135.